The monoisotopic (exact) mass is 243 g/mol. The molecule has 1 saturated heterocycles. The summed E-state index contributed by atoms with van der Waals surface area (Å²) in [7, 11) is 0. The number of piperidine rings is 1. The molecule has 0 spiro atoms. The lowest BCUT2D eigenvalue weighted by Crippen LogP contribution is -2.39. The lowest BCUT2D eigenvalue weighted by atomic mass is 9.79. The first-order chi connectivity index (χ1) is 7.98. The summed E-state index contributed by atoms with van der Waals surface area (Å²) in [6, 6.07) is 0. The number of amides is 1. The van der Waals surface area contributed by atoms with Crippen LogP contribution in [0.15, 0.2) is 0 Å². The Labute approximate surface area is 104 Å². The number of carbonyl (C=O) groups excluding carboxylic acids is 1. The summed E-state index contributed by atoms with van der Waals surface area (Å²) in [6.45, 7) is 8.24. The molecule has 1 rings (SSSR count). The van der Waals surface area contributed by atoms with Crippen LogP contribution in [0.2, 0.25) is 0 Å². The van der Waals surface area contributed by atoms with Crippen molar-refractivity contribution in [3.8, 4) is 0 Å². The van der Waals surface area contributed by atoms with E-state index in [1.165, 1.54) is 0 Å². The number of aliphatic hydroxyl groups excluding tert-OH is 1. The van der Waals surface area contributed by atoms with Gasteiger partial charge in [0.1, 0.15) is 0 Å². The number of likely N-dealkylation sites (tertiary alicyclic amines) is 1. The Morgan fingerprint density at radius 2 is 2.00 bits per heavy atom. The van der Waals surface area contributed by atoms with Crippen molar-refractivity contribution in [3.05, 3.63) is 0 Å². The minimum Gasteiger partial charge on any atom is -0.450 e. The van der Waals surface area contributed by atoms with Crippen molar-refractivity contribution in [1.82, 2.24) is 4.90 Å². The highest BCUT2D eigenvalue weighted by Crippen LogP contribution is 2.31. The van der Waals surface area contributed by atoms with Gasteiger partial charge in [0.05, 0.1) is 6.61 Å². The molecule has 1 aliphatic heterocycles. The van der Waals surface area contributed by atoms with Crippen LogP contribution >= 0.6 is 0 Å². The van der Waals surface area contributed by atoms with Gasteiger partial charge in [-0.25, -0.2) is 4.79 Å². The highest BCUT2D eigenvalue weighted by atomic mass is 16.6. The van der Waals surface area contributed by atoms with Crippen molar-refractivity contribution in [2.45, 2.75) is 40.0 Å². The van der Waals surface area contributed by atoms with E-state index < -0.39 is 0 Å². The van der Waals surface area contributed by atoms with E-state index >= 15 is 0 Å². The van der Waals surface area contributed by atoms with E-state index in [4.69, 9.17) is 4.74 Å². The van der Waals surface area contributed by atoms with Crippen molar-refractivity contribution in [1.29, 1.82) is 0 Å². The second-order valence-corrected chi connectivity index (χ2v) is 5.66. The quantitative estimate of drug-likeness (QED) is 0.824. The lowest BCUT2D eigenvalue weighted by Gasteiger charge is -2.35. The Kier molecular flexibility index (Phi) is 5.25. The molecule has 17 heavy (non-hydrogen) atoms. The molecule has 1 aliphatic rings. The van der Waals surface area contributed by atoms with Crippen LogP contribution in [0.25, 0.3) is 0 Å². The Morgan fingerprint density at radius 3 is 2.47 bits per heavy atom. The zero-order valence-electron chi connectivity index (χ0n) is 11.2. The van der Waals surface area contributed by atoms with Crippen LogP contribution in [0.5, 0.6) is 0 Å². The van der Waals surface area contributed by atoms with E-state index in [2.05, 4.69) is 13.8 Å². The van der Waals surface area contributed by atoms with E-state index in [1.54, 1.807) is 4.90 Å². The molecule has 0 aromatic carbocycles. The number of nitrogens with zero attached hydrogens (tertiary/aromatic N) is 1. The summed E-state index contributed by atoms with van der Waals surface area (Å²) in [5.74, 6) is 0.614. The van der Waals surface area contributed by atoms with Crippen LogP contribution in [0.4, 0.5) is 4.79 Å². The van der Waals surface area contributed by atoms with Crippen LogP contribution in [0, 0.1) is 11.3 Å². The third-order valence-electron chi connectivity index (χ3n) is 3.41. The predicted octanol–water partition coefficient (Wildman–Crippen LogP) is 2.26. The van der Waals surface area contributed by atoms with Gasteiger partial charge in [0.2, 0.25) is 0 Å². The van der Waals surface area contributed by atoms with Crippen molar-refractivity contribution >= 4 is 6.09 Å². The van der Waals surface area contributed by atoms with E-state index in [9.17, 15) is 9.90 Å². The molecule has 0 aromatic rings. The molecular weight excluding hydrogens is 218 g/mol. The molecule has 0 saturated carbocycles. The number of ether oxygens (including phenoxy) is 1. The second kappa shape index (κ2) is 6.24. The van der Waals surface area contributed by atoms with Gasteiger partial charge in [0.25, 0.3) is 0 Å². The first-order valence-electron chi connectivity index (χ1n) is 6.51. The van der Waals surface area contributed by atoms with Crippen LogP contribution in [0.1, 0.15) is 40.0 Å². The molecule has 1 N–H and O–H groups in total. The van der Waals surface area contributed by atoms with E-state index in [0.29, 0.717) is 12.5 Å². The first kappa shape index (κ1) is 14.3. The third-order valence-corrected chi connectivity index (χ3v) is 3.41. The predicted molar refractivity (Wildman–Crippen MR) is 66.8 cm³/mol. The molecule has 0 radical (unpaired) electrons. The fraction of sp³-hybridized carbons (Fsp3) is 0.923. The molecule has 4 nitrogen and oxygen atoms in total. The summed E-state index contributed by atoms with van der Waals surface area (Å²) in [4.78, 5) is 13.3. The summed E-state index contributed by atoms with van der Waals surface area (Å²) in [5, 5.41) is 9.25. The van der Waals surface area contributed by atoms with Gasteiger partial charge in [-0.15, -0.1) is 0 Å². The zero-order chi connectivity index (χ0) is 12.9. The van der Waals surface area contributed by atoms with Crippen LogP contribution in [-0.4, -0.2) is 42.4 Å². The number of aliphatic hydroxyl groups is 1. The Morgan fingerprint density at radius 1 is 1.41 bits per heavy atom. The van der Waals surface area contributed by atoms with Crippen LogP contribution in [0.3, 0.4) is 0 Å². The molecule has 100 valence electrons. The third kappa shape index (κ3) is 4.54. The van der Waals surface area contributed by atoms with Crippen molar-refractivity contribution in [2.24, 2.45) is 11.3 Å². The Hall–Kier alpha value is -0.770. The fourth-order valence-corrected chi connectivity index (χ4v) is 2.38. The Bertz CT molecular complexity index is 245. The van der Waals surface area contributed by atoms with Gasteiger partial charge in [-0.3, -0.25) is 0 Å². The molecule has 4 heteroatoms. The summed E-state index contributed by atoms with van der Waals surface area (Å²) < 4.78 is 4.99. The maximum atomic E-state index is 11.5. The molecule has 0 unspecified atom stereocenters. The first-order valence-corrected chi connectivity index (χ1v) is 6.51. The van der Waals surface area contributed by atoms with Gasteiger partial charge in [-0.05, 0) is 37.5 Å². The van der Waals surface area contributed by atoms with Gasteiger partial charge >= 0.3 is 6.09 Å². The normalized spacial score (nSPS) is 18.2. The van der Waals surface area contributed by atoms with Gasteiger partial charge < -0.3 is 14.7 Å². The van der Waals surface area contributed by atoms with Gasteiger partial charge in [0, 0.05) is 19.7 Å². The molecule has 0 aliphatic carbocycles. The van der Waals surface area contributed by atoms with Crippen molar-refractivity contribution in [3.63, 3.8) is 0 Å². The minimum absolute atomic E-state index is 0.00321. The van der Waals surface area contributed by atoms with E-state index in [-0.39, 0.29) is 18.1 Å². The Balaban J connectivity index is 2.33. The van der Waals surface area contributed by atoms with Gasteiger partial charge in [0.15, 0.2) is 0 Å². The van der Waals surface area contributed by atoms with Crippen molar-refractivity contribution < 1.29 is 14.6 Å². The smallest absolute Gasteiger partial charge is 0.409 e. The van der Waals surface area contributed by atoms with E-state index in [1.807, 2.05) is 6.92 Å². The van der Waals surface area contributed by atoms with Gasteiger partial charge in [-0.2, -0.15) is 0 Å². The van der Waals surface area contributed by atoms with Gasteiger partial charge in [-0.1, -0.05) is 13.8 Å². The summed E-state index contributed by atoms with van der Waals surface area (Å²) in [5.41, 5.74) is -0.00321. The lowest BCUT2D eigenvalue weighted by molar-refractivity contribution is 0.0759. The SMILES string of the molecule is CCOC(=O)N1CCC(CC(C)(C)CO)CC1. The summed E-state index contributed by atoms with van der Waals surface area (Å²) in [6.07, 6.45) is 2.87. The van der Waals surface area contributed by atoms with E-state index in [0.717, 1.165) is 32.4 Å². The average molecular weight is 243 g/mol. The highest BCUT2D eigenvalue weighted by Gasteiger charge is 2.28. The standard InChI is InChI=1S/C13H25NO3/c1-4-17-12(16)14-7-5-11(6-8-14)9-13(2,3)10-15/h11,15H,4-10H2,1-3H3. The molecular formula is C13H25NO3. The molecule has 0 bridgehead atoms. The maximum Gasteiger partial charge on any atom is 0.409 e. The molecule has 1 heterocycles. The maximum absolute atomic E-state index is 11.5. The zero-order valence-corrected chi connectivity index (χ0v) is 11.2. The largest absolute Gasteiger partial charge is 0.450 e. The number of hydrogen-bond acceptors (Lipinski definition) is 3. The fourth-order valence-electron chi connectivity index (χ4n) is 2.38. The molecule has 1 amide bonds. The van der Waals surface area contributed by atoms with Crippen molar-refractivity contribution in [2.75, 3.05) is 26.3 Å². The topological polar surface area (TPSA) is 49.8 Å². The second-order valence-electron chi connectivity index (χ2n) is 5.66. The number of hydrogen-bond donors (Lipinski definition) is 1. The van der Waals surface area contributed by atoms with Crippen LogP contribution in [-0.2, 0) is 4.74 Å². The van der Waals surface area contributed by atoms with Crippen LogP contribution < -0.4 is 0 Å². The molecule has 0 atom stereocenters. The summed E-state index contributed by atoms with van der Waals surface area (Å²) >= 11 is 0. The number of rotatable bonds is 4. The molecule has 1 fully saturated rings. The minimum atomic E-state index is -0.188. The molecule has 0 aromatic heterocycles. The average Bonchev–Trinajstić information content (AvgIpc) is 2.30. The number of carbonyl (C=O) groups is 1. The highest BCUT2D eigenvalue weighted by molar-refractivity contribution is 5.67.